The first-order chi connectivity index (χ1) is 32.6. The molecule has 0 fully saturated rings. The quantitative estimate of drug-likeness (QED) is 0.0213. The number of phosphoric acid groups is 1. The van der Waals surface area contributed by atoms with E-state index in [1.54, 1.807) is 0 Å². The Morgan fingerprint density at radius 1 is 0.478 bits per heavy atom. The van der Waals surface area contributed by atoms with Crippen molar-refractivity contribution >= 4 is 13.8 Å². The summed E-state index contributed by atoms with van der Waals surface area (Å²) >= 11 is 0. The average molecular weight is 961 g/mol. The standard InChI is InChI=1S/C58H106NO7P/c1-6-8-10-12-14-16-18-20-22-24-26-27-28-29-30-31-32-34-36-38-40-42-44-46-48-50-53-63-55-57(56-65-67(61,62)64-54-52-59(3,4)5)66-58(60)51-49-47-45-43-41-39-37-35-33-25-23-21-19-17-15-13-11-9-7-2/h9,11,15,17,21,23-24,26,33,35,39,41,57H,6-8,10,12-14,16,18-20,22,25,27-32,34,36-38,40,42-56H2,1-5H3/p+1/b11-9-,17-15-,23-21-,26-24-,35-33-,41-39-. The highest BCUT2D eigenvalue weighted by atomic mass is 31.2. The summed E-state index contributed by atoms with van der Waals surface area (Å²) in [7, 11) is 1.64. The summed E-state index contributed by atoms with van der Waals surface area (Å²) in [6.07, 6.45) is 66.8. The van der Waals surface area contributed by atoms with Crippen molar-refractivity contribution in [2.75, 3.05) is 54.1 Å². The molecular weight excluding hydrogens is 854 g/mol. The number of phosphoric ester groups is 1. The second kappa shape index (κ2) is 50.3. The van der Waals surface area contributed by atoms with Gasteiger partial charge in [-0.25, -0.2) is 4.57 Å². The van der Waals surface area contributed by atoms with Crippen LogP contribution in [0.4, 0.5) is 0 Å². The summed E-state index contributed by atoms with van der Waals surface area (Å²) < 4.78 is 35.2. The molecule has 0 bridgehead atoms. The van der Waals surface area contributed by atoms with E-state index in [1.165, 1.54) is 141 Å². The third-order valence-electron chi connectivity index (χ3n) is 11.8. The predicted molar refractivity (Wildman–Crippen MR) is 288 cm³/mol. The van der Waals surface area contributed by atoms with E-state index in [0.29, 0.717) is 17.6 Å². The molecule has 0 aliphatic carbocycles. The molecule has 0 saturated heterocycles. The molecule has 0 aromatic carbocycles. The number of likely N-dealkylation sites (N-methyl/N-ethyl adjacent to an activating group) is 1. The molecule has 2 atom stereocenters. The van der Waals surface area contributed by atoms with Gasteiger partial charge in [-0.1, -0.05) is 215 Å². The Morgan fingerprint density at radius 3 is 1.31 bits per heavy atom. The van der Waals surface area contributed by atoms with Crippen molar-refractivity contribution in [2.45, 2.75) is 238 Å². The van der Waals surface area contributed by atoms with Crippen LogP contribution in [-0.2, 0) is 27.9 Å². The minimum Gasteiger partial charge on any atom is -0.457 e. The van der Waals surface area contributed by atoms with Gasteiger partial charge in [0.15, 0.2) is 0 Å². The number of quaternary nitrogens is 1. The minimum absolute atomic E-state index is 0.0793. The van der Waals surface area contributed by atoms with E-state index in [-0.39, 0.29) is 32.2 Å². The molecular formula is C58H107NO7P+. The summed E-state index contributed by atoms with van der Waals surface area (Å²) in [5, 5.41) is 0. The van der Waals surface area contributed by atoms with Gasteiger partial charge in [-0.2, -0.15) is 0 Å². The Kier molecular flexibility index (Phi) is 48.8. The zero-order chi connectivity index (χ0) is 49.0. The van der Waals surface area contributed by atoms with Crippen LogP contribution in [0, 0.1) is 0 Å². The number of ether oxygens (including phenoxy) is 2. The monoisotopic (exact) mass is 961 g/mol. The number of hydrogen-bond donors (Lipinski definition) is 1. The number of carbonyl (C=O) groups excluding carboxylic acids is 1. The minimum atomic E-state index is -4.30. The van der Waals surface area contributed by atoms with Gasteiger partial charge >= 0.3 is 13.8 Å². The lowest BCUT2D eigenvalue weighted by molar-refractivity contribution is -0.870. The normalized spacial score (nSPS) is 14.1. The largest absolute Gasteiger partial charge is 0.472 e. The van der Waals surface area contributed by atoms with Crippen LogP contribution in [0.3, 0.4) is 0 Å². The zero-order valence-corrected chi connectivity index (χ0v) is 45.3. The van der Waals surface area contributed by atoms with E-state index in [4.69, 9.17) is 18.5 Å². The van der Waals surface area contributed by atoms with Crippen molar-refractivity contribution in [3.8, 4) is 0 Å². The van der Waals surface area contributed by atoms with Crippen molar-refractivity contribution in [3.05, 3.63) is 72.9 Å². The third kappa shape index (κ3) is 54.7. The Balaban J connectivity index is 4.12. The summed E-state index contributed by atoms with van der Waals surface area (Å²) in [6.45, 7) is 5.48. The molecule has 0 rings (SSSR count). The zero-order valence-electron chi connectivity index (χ0n) is 44.4. The van der Waals surface area contributed by atoms with Gasteiger partial charge in [0.05, 0.1) is 34.4 Å². The fourth-order valence-electron chi connectivity index (χ4n) is 7.52. The molecule has 0 aromatic heterocycles. The Labute approximate surface area is 414 Å². The molecule has 0 spiro atoms. The second-order valence-corrected chi connectivity index (χ2v) is 21.0. The summed E-state index contributed by atoms with van der Waals surface area (Å²) in [5.41, 5.74) is 0. The number of hydrogen-bond acceptors (Lipinski definition) is 6. The van der Waals surface area contributed by atoms with Gasteiger partial charge in [-0.15, -0.1) is 0 Å². The fourth-order valence-corrected chi connectivity index (χ4v) is 8.26. The van der Waals surface area contributed by atoms with Crippen molar-refractivity contribution in [1.82, 2.24) is 0 Å². The van der Waals surface area contributed by atoms with Crippen LogP contribution >= 0.6 is 7.82 Å². The van der Waals surface area contributed by atoms with Crippen molar-refractivity contribution in [1.29, 1.82) is 0 Å². The molecule has 9 heteroatoms. The van der Waals surface area contributed by atoms with E-state index in [2.05, 4.69) is 86.8 Å². The lowest BCUT2D eigenvalue weighted by Gasteiger charge is -2.24. The first-order valence-electron chi connectivity index (χ1n) is 27.7. The van der Waals surface area contributed by atoms with E-state index in [1.807, 2.05) is 21.1 Å². The van der Waals surface area contributed by atoms with Crippen LogP contribution in [0.1, 0.15) is 232 Å². The van der Waals surface area contributed by atoms with Gasteiger partial charge in [-0.05, 0) is 83.5 Å². The number of unbranched alkanes of at least 4 members (excludes halogenated alkanes) is 25. The van der Waals surface area contributed by atoms with E-state index < -0.39 is 13.9 Å². The second-order valence-electron chi connectivity index (χ2n) is 19.6. The van der Waals surface area contributed by atoms with E-state index >= 15 is 0 Å². The Bertz CT molecular complexity index is 1300. The summed E-state index contributed by atoms with van der Waals surface area (Å²) in [4.78, 5) is 23.0. The topological polar surface area (TPSA) is 91.3 Å². The molecule has 0 heterocycles. The molecule has 0 radical (unpaired) electrons. The Hall–Kier alpha value is -2.06. The lowest BCUT2D eigenvalue weighted by atomic mass is 10.0. The van der Waals surface area contributed by atoms with Crippen molar-refractivity contribution in [3.63, 3.8) is 0 Å². The maximum atomic E-state index is 12.8. The number of nitrogens with zero attached hydrogens (tertiary/aromatic N) is 1. The van der Waals surface area contributed by atoms with E-state index in [9.17, 15) is 14.3 Å². The van der Waals surface area contributed by atoms with Crippen LogP contribution in [0.2, 0.25) is 0 Å². The van der Waals surface area contributed by atoms with Crippen molar-refractivity contribution in [2.24, 2.45) is 0 Å². The van der Waals surface area contributed by atoms with Crippen LogP contribution in [-0.4, -0.2) is 75.6 Å². The highest BCUT2D eigenvalue weighted by Gasteiger charge is 2.26. The molecule has 2 unspecified atom stereocenters. The van der Waals surface area contributed by atoms with Crippen LogP contribution < -0.4 is 0 Å². The molecule has 8 nitrogen and oxygen atoms in total. The molecule has 390 valence electrons. The molecule has 0 amide bonds. The van der Waals surface area contributed by atoms with Gasteiger partial charge in [0.2, 0.25) is 0 Å². The highest BCUT2D eigenvalue weighted by Crippen LogP contribution is 2.43. The van der Waals surface area contributed by atoms with Gasteiger partial charge < -0.3 is 18.9 Å². The maximum Gasteiger partial charge on any atom is 0.472 e. The number of carbonyl (C=O) groups is 1. The van der Waals surface area contributed by atoms with Crippen LogP contribution in [0.15, 0.2) is 72.9 Å². The Morgan fingerprint density at radius 2 is 0.866 bits per heavy atom. The average Bonchev–Trinajstić information content (AvgIpc) is 3.29. The maximum absolute atomic E-state index is 12.8. The fraction of sp³-hybridized carbons (Fsp3) is 0.776. The van der Waals surface area contributed by atoms with E-state index in [0.717, 1.165) is 70.6 Å². The molecule has 0 aliphatic rings. The molecule has 0 saturated carbocycles. The number of allylic oxidation sites excluding steroid dienone is 12. The van der Waals surface area contributed by atoms with Crippen molar-refractivity contribution < 1.29 is 37.3 Å². The SMILES string of the molecule is CC/C=C\C/C=C\C/C=C\C/C=C\C/C=C\CCCCCC(=O)OC(COCCCCCCCCCCCCCCCC/C=C\CCCCCCCCCC)COP(=O)(O)OCC[N+](C)(C)C. The summed E-state index contributed by atoms with van der Waals surface area (Å²) in [6, 6.07) is 0. The lowest BCUT2D eigenvalue weighted by Crippen LogP contribution is -2.37. The van der Waals surface area contributed by atoms with Gasteiger partial charge in [0.25, 0.3) is 0 Å². The predicted octanol–water partition coefficient (Wildman–Crippen LogP) is 17.4. The molecule has 67 heavy (non-hydrogen) atoms. The van der Waals surface area contributed by atoms with Gasteiger partial charge in [0.1, 0.15) is 19.3 Å². The third-order valence-corrected chi connectivity index (χ3v) is 12.7. The highest BCUT2D eigenvalue weighted by molar-refractivity contribution is 7.47. The molecule has 0 aliphatic heterocycles. The van der Waals surface area contributed by atoms with Gasteiger partial charge in [0, 0.05) is 13.0 Å². The first-order valence-corrected chi connectivity index (χ1v) is 29.2. The first kappa shape index (κ1) is 64.9. The van der Waals surface area contributed by atoms with Crippen LogP contribution in [0.5, 0.6) is 0 Å². The number of rotatable bonds is 51. The van der Waals surface area contributed by atoms with Crippen LogP contribution in [0.25, 0.3) is 0 Å². The molecule has 0 aromatic rings. The summed E-state index contributed by atoms with van der Waals surface area (Å²) in [5.74, 6) is -0.344. The van der Waals surface area contributed by atoms with Gasteiger partial charge in [-0.3, -0.25) is 13.8 Å². The number of esters is 1. The smallest absolute Gasteiger partial charge is 0.457 e. The molecule has 1 N–H and O–H groups in total.